The van der Waals surface area contributed by atoms with E-state index in [0.29, 0.717) is 0 Å². The molecule has 6 heteroatoms. The molecule has 3 rings (SSSR count). The summed E-state index contributed by atoms with van der Waals surface area (Å²) in [5, 5.41) is 4.92. The van der Waals surface area contributed by atoms with Crippen LogP contribution in [0.3, 0.4) is 0 Å². The smallest absolute Gasteiger partial charge is 0.268 e. The van der Waals surface area contributed by atoms with Crippen LogP contribution in [0.2, 0.25) is 0 Å². The maximum absolute atomic E-state index is 12.4. The SMILES string of the molecule is CCc1ncsc1NC(=O)c1sc(CC2CC2)nc1C. The van der Waals surface area contributed by atoms with Crippen LogP contribution >= 0.6 is 22.7 Å². The van der Waals surface area contributed by atoms with Gasteiger partial charge in [0.05, 0.1) is 21.9 Å². The molecule has 0 aromatic carbocycles. The van der Waals surface area contributed by atoms with Crippen molar-refractivity contribution in [2.24, 2.45) is 5.92 Å². The third kappa shape index (κ3) is 2.91. The first-order valence-electron chi connectivity index (χ1n) is 6.87. The molecular weight excluding hydrogens is 290 g/mol. The summed E-state index contributed by atoms with van der Waals surface area (Å²) in [6.45, 7) is 3.95. The predicted molar refractivity (Wildman–Crippen MR) is 82.7 cm³/mol. The van der Waals surface area contributed by atoms with Gasteiger partial charge in [-0.1, -0.05) is 6.92 Å². The minimum absolute atomic E-state index is 0.0546. The van der Waals surface area contributed by atoms with Crippen molar-refractivity contribution < 1.29 is 4.79 Å². The van der Waals surface area contributed by atoms with Gasteiger partial charge in [0.15, 0.2) is 0 Å². The van der Waals surface area contributed by atoms with Gasteiger partial charge in [0.25, 0.3) is 5.91 Å². The summed E-state index contributed by atoms with van der Waals surface area (Å²) in [5.74, 6) is 0.741. The number of nitrogens with one attached hydrogen (secondary N) is 1. The minimum atomic E-state index is -0.0546. The van der Waals surface area contributed by atoms with Crippen molar-refractivity contribution in [2.75, 3.05) is 5.32 Å². The lowest BCUT2D eigenvalue weighted by Crippen LogP contribution is -2.11. The van der Waals surface area contributed by atoms with Crippen molar-refractivity contribution in [1.82, 2.24) is 9.97 Å². The lowest BCUT2D eigenvalue weighted by atomic mass is 10.3. The van der Waals surface area contributed by atoms with E-state index in [-0.39, 0.29) is 5.91 Å². The second kappa shape index (κ2) is 5.61. The van der Waals surface area contributed by atoms with Crippen molar-refractivity contribution in [1.29, 1.82) is 0 Å². The number of aryl methyl sites for hydroxylation is 2. The van der Waals surface area contributed by atoms with Gasteiger partial charge in [-0.2, -0.15) is 0 Å². The molecule has 0 radical (unpaired) electrons. The molecule has 1 aliphatic rings. The lowest BCUT2D eigenvalue weighted by molar-refractivity contribution is 0.103. The first kappa shape index (κ1) is 13.7. The Morgan fingerprint density at radius 1 is 1.50 bits per heavy atom. The van der Waals surface area contributed by atoms with Gasteiger partial charge in [-0.05, 0) is 32.1 Å². The molecule has 20 heavy (non-hydrogen) atoms. The van der Waals surface area contributed by atoms with Crippen LogP contribution in [-0.2, 0) is 12.8 Å². The number of nitrogens with zero attached hydrogens (tertiary/aromatic N) is 2. The van der Waals surface area contributed by atoms with Gasteiger partial charge in [0.2, 0.25) is 0 Å². The van der Waals surface area contributed by atoms with Crippen molar-refractivity contribution in [3.63, 3.8) is 0 Å². The van der Waals surface area contributed by atoms with E-state index < -0.39 is 0 Å². The number of amides is 1. The number of anilines is 1. The van der Waals surface area contributed by atoms with E-state index >= 15 is 0 Å². The van der Waals surface area contributed by atoms with E-state index in [2.05, 4.69) is 15.3 Å². The fourth-order valence-corrected chi connectivity index (χ4v) is 3.95. The maximum atomic E-state index is 12.4. The van der Waals surface area contributed by atoms with Crippen molar-refractivity contribution in [2.45, 2.75) is 39.5 Å². The molecule has 1 fully saturated rings. The summed E-state index contributed by atoms with van der Waals surface area (Å²) >= 11 is 3.00. The van der Waals surface area contributed by atoms with Gasteiger partial charge in [0.1, 0.15) is 9.88 Å². The Morgan fingerprint density at radius 2 is 2.30 bits per heavy atom. The summed E-state index contributed by atoms with van der Waals surface area (Å²) in [6.07, 6.45) is 4.47. The Morgan fingerprint density at radius 3 is 3.00 bits per heavy atom. The molecule has 0 unspecified atom stereocenters. The molecule has 1 N–H and O–H groups in total. The van der Waals surface area contributed by atoms with E-state index in [1.165, 1.54) is 35.5 Å². The molecule has 0 spiro atoms. The van der Waals surface area contributed by atoms with Crippen molar-refractivity contribution in [3.8, 4) is 0 Å². The third-order valence-corrected chi connectivity index (χ3v) is 5.37. The Balaban J connectivity index is 1.74. The number of hydrogen-bond acceptors (Lipinski definition) is 5. The predicted octanol–water partition coefficient (Wildman–Crippen LogP) is 3.68. The van der Waals surface area contributed by atoms with Crippen LogP contribution in [0.4, 0.5) is 5.00 Å². The second-order valence-corrected chi connectivity index (χ2v) is 7.04. The molecule has 2 aromatic heterocycles. The summed E-state index contributed by atoms with van der Waals surface area (Å²) in [4.78, 5) is 21.9. The highest BCUT2D eigenvalue weighted by Gasteiger charge is 2.25. The fraction of sp³-hybridized carbons (Fsp3) is 0.500. The van der Waals surface area contributed by atoms with Gasteiger partial charge >= 0.3 is 0 Å². The number of thiazole rings is 2. The topological polar surface area (TPSA) is 54.9 Å². The molecule has 0 atom stereocenters. The minimum Gasteiger partial charge on any atom is -0.311 e. The van der Waals surface area contributed by atoms with Gasteiger partial charge in [-0.15, -0.1) is 22.7 Å². The molecule has 1 amide bonds. The van der Waals surface area contributed by atoms with Gasteiger partial charge < -0.3 is 5.32 Å². The lowest BCUT2D eigenvalue weighted by Gasteiger charge is -2.02. The largest absolute Gasteiger partial charge is 0.311 e. The molecule has 106 valence electrons. The van der Waals surface area contributed by atoms with Gasteiger partial charge in [-0.25, -0.2) is 9.97 Å². The highest BCUT2D eigenvalue weighted by molar-refractivity contribution is 7.15. The Bertz CT molecular complexity index is 628. The molecule has 0 saturated heterocycles. The van der Waals surface area contributed by atoms with Crippen molar-refractivity contribution >= 4 is 33.6 Å². The normalized spacial score (nSPS) is 14.5. The molecule has 1 aliphatic carbocycles. The van der Waals surface area contributed by atoms with Crippen LogP contribution in [0, 0.1) is 12.8 Å². The van der Waals surface area contributed by atoms with E-state index in [4.69, 9.17) is 0 Å². The monoisotopic (exact) mass is 307 g/mol. The second-order valence-electron chi connectivity index (χ2n) is 5.11. The first-order chi connectivity index (χ1) is 9.67. The zero-order valence-corrected chi connectivity index (χ0v) is 13.2. The number of carbonyl (C=O) groups excluding carboxylic acids is 1. The van der Waals surface area contributed by atoms with Crippen LogP contribution < -0.4 is 5.32 Å². The quantitative estimate of drug-likeness (QED) is 0.917. The van der Waals surface area contributed by atoms with E-state index in [1.54, 1.807) is 5.51 Å². The molecule has 1 saturated carbocycles. The zero-order valence-electron chi connectivity index (χ0n) is 11.6. The van der Waals surface area contributed by atoms with Crippen LogP contribution in [-0.4, -0.2) is 15.9 Å². The van der Waals surface area contributed by atoms with Crippen molar-refractivity contribution in [3.05, 3.63) is 26.8 Å². The molecule has 0 bridgehead atoms. The van der Waals surface area contributed by atoms with Crippen LogP contribution in [0.1, 0.15) is 45.8 Å². The van der Waals surface area contributed by atoms with Gasteiger partial charge in [-0.3, -0.25) is 4.79 Å². The number of aromatic nitrogens is 2. The Kier molecular flexibility index (Phi) is 3.85. The maximum Gasteiger partial charge on any atom is 0.268 e. The molecule has 2 aromatic rings. The standard InChI is InChI=1S/C14H17N3OS2/c1-3-10-14(19-7-15-10)17-13(18)12-8(2)16-11(20-12)6-9-4-5-9/h7,9H,3-6H2,1-2H3,(H,17,18). The van der Waals surface area contributed by atoms with E-state index in [1.807, 2.05) is 13.8 Å². The molecule has 2 heterocycles. The number of carbonyl (C=O) groups is 1. The Hall–Kier alpha value is -1.27. The summed E-state index contributed by atoms with van der Waals surface area (Å²) in [5.41, 5.74) is 3.56. The molecular formula is C14H17N3OS2. The van der Waals surface area contributed by atoms with Crippen LogP contribution in [0.15, 0.2) is 5.51 Å². The average molecular weight is 307 g/mol. The summed E-state index contributed by atoms with van der Waals surface area (Å²) < 4.78 is 0. The summed E-state index contributed by atoms with van der Waals surface area (Å²) in [6, 6.07) is 0. The third-order valence-electron chi connectivity index (χ3n) is 3.41. The number of rotatable bonds is 5. The van der Waals surface area contributed by atoms with Gasteiger partial charge in [0, 0.05) is 6.42 Å². The summed E-state index contributed by atoms with van der Waals surface area (Å²) in [7, 11) is 0. The molecule has 0 aliphatic heterocycles. The highest BCUT2D eigenvalue weighted by Crippen LogP contribution is 2.34. The van der Waals surface area contributed by atoms with Crippen LogP contribution in [0.25, 0.3) is 0 Å². The van der Waals surface area contributed by atoms with Crippen LogP contribution in [0.5, 0.6) is 0 Å². The first-order valence-corrected chi connectivity index (χ1v) is 8.57. The van der Waals surface area contributed by atoms with E-state index in [0.717, 1.165) is 45.0 Å². The zero-order chi connectivity index (χ0) is 14.1. The number of hydrogen-bond donors (Lipinski definition) is 1. The van der Waals surface area contributed by atoms with E-state index in [9.17, 15) is 4.79 Å². The average Bonchev–Trinajstić information content (AvgIpc) is 2.98. The highest BCUT2D eigenvalue weighted by atomic mass is 32.1. The molecule has 4 nitrogen and oxygen atoms in total. The fourth-order valence-electron chi connectivity index (χ4n) is 2.10. The Labute approximate surface area is 126 Å².